The van der Waals surface area contributed by atoms with Crippen molar-refractivity contribution in [2.75, 3.05) is 5.73 Å². The molecule has 8 heteroatoms. The summed E-state index contributed by atoms with van der Waals surface area (Å²) in [5, 5.41) is 9.20. The molecule has 0 amide bonds. The van der Waals surface area contributed by atoms with Crippen LogP contribution in [0.2, 0.25) is 0 Å². The summed E-state index contributed by atoms with van der Waals surface area (Å²) in [4.78, 5) is 18.3. The van der Waals surface area contributed by atoms with Crippen LogP contribution in [-0.4, -0.2) is 24.5 Å². The first-order valence-corrected chi connectivity index (χ1v) is 11.3. The van der Waals surface area contributed by atoms with Crippen molar-refractivity contribution in [2.45, 2.75) is 19.7 Å². The molecule has 0 aliphatic heterocycles. The van der Waals surface area contributed by atoms with Crippen LogP contribution in [0.3, 0.4) is 0 Å². The van der Waals surface area contributed by atoms with Gasteiger partial charge in [-0.15, -0.1) is 11.6 Å². The van der Waals surface area contributed by atoms with Gasteiger partial charge >= 0.3 is 0 Å². The van der Waals surface area contributed by atoms with Gasteiger partial charge in [-0.3, -0.25) is 4.57 Å². The SMILES string of the molecule is CC.N#Cc1cccc(-c2ccc3nc(-c4cccnc4N)n(-c4ccc(CCl)cc4)c3n2)n1. The van der Waals surface area contributed by atoms with Crippen molar-refractivity contribution in [3.8, 4) is 34.5 Å². The van der Waals surface area contributed by atoms with Crippen LogP contribution < -0.4 is 5.73 Å². The van der Waals surface area contributed by atoms with Gasteiger partial charge < -0.3 is 5.73 Å². The first-order valence-electron chi connectivity index (χ1n) is 10.8. The monoisotopic (exact) mass is 467 g/mol. The molecule has 168 valence electrons. The lowest BCUT2D eigenvalue weighted by atomic mass is 10.2. The van der Waals surface area contributed by atoms with Crippen LogP contribution in [0.4, 0.5) is 5.82 Å². The third kappa shape index (κ3) is 4.32. The van der Waals surface area contributed by atoms with Gasteiger partial charge in [-0.2, -0.15) is 5.26 Å². The highest BCUT2D eigenvalue weighted by Gasteiger charge is 2.19. The quantitative estimate of drug-likeness (QED) is 0.336. The van der Waals surface area contributed by atoms with Gasteiger partial charge in [0.05, 0.1) is 17.0 Å². The van der Waals surface area contributed by atoms with E-state index in [0.717, 1.165) is 11.3 Å². The molecule has 7 nitrogen and oxygen atoms in total. The highest BCUT2D eigenvalue weighted by atomic mass is 35.5. The Morgan fingerprint density at radius 2 is 1.68 bits per heavy atom. The number of rotatable bonds is 4. The maximum Gasteiger partial charge on any atom is 0.165 e. The standard InChI is InChI=1S/C24H16ClN7.C2H6/c25-13-15-6-8-17(9-7-15)32-23(18-4-2-12-28-22(18)27)31-21-11-10-20(30-24(21)32)19-5-1-3-16(14-26)29-19;1-2/h1-12H,13H2,(H2,27,28);1-2H3. The zero-order valence-electron chi connectivity index (χ0n) is 18.8. The lowest BCUT2D eigenvalue weighted by Gasteiger charge is -2.11. The molecule has 2 N–H and O–H groups in total. The van der Waals surface area contributed by atoms with Gasteiger partial charge in [0, 0.05) is 17.8 Å². The average Bonchev–Trinajstić information content (AvgIpc) is 3.28. The molecule has 4 heterocycles. The third-order valence-corrected chi connectivity index (χ3v) is 5.37. The van der Waals surface area contributed by atoms with Crippen molar-refractivity contribution in [3.05, 3.63) is 84.2 Å². The van der Waals surface area contributed by atoms with Gasteiger partial charge in [0.25, 0.3) is 0 Å². The molecule has 0 radical (unpaired) electrons. The third-order valence-electron chi connectivity index (χ3n) is 5.06. The summed E-state index contributed by atoms with van der Waals surface area (Å²) in [7, 11) is 0. The van der Waals surface area contributed by atoms with Gasteiger partial charge in [-0.25, -0.2) is 19.9 Å². The molecule has 0 saturated carbocycles. The van der Waals surface area contributed by atoms with E-state index >= 15 is 0 Å². The number of nitriles is 1. The van der Waals surface area contributed by atoms with Crippen LogP contribution in [0.25, 0.3) is 39.6 Å². The van der Waals surface area contributed by atoms with Crippen LogP contribution in [0.5, 0.6) is 0 Å². The number of halogens is 1. The van der Waals surface area contributed by atoms with Crippen LogP contribution in [-0.2, 0) is 5.88 Å². The Kier molecular flexibility index (Phi) is 6.81. The molecular formula is C26H22ClN7. The molecule has 0 atom stereocenters. The van der Waals surface area contributed by atoms with E-state index in [0.29, 0.717) is 51.3 Å². The zero-order chi connectivity index (χ0) is 24.1. The average molecular weight is 468 g/mol. The molecule has 5 aromatic rings. The smallest absolute Gasteiger partial charge is 0.165 e. The Morgan fingerprint density at radius 3 is 2.38 bits per heavy atom. The second kappa shape index (κ2) is 10.1. The number of alkyl halides is 1. The molecule has 34 heavy (non-hydrogen) atoms. The molecule has 0 bridgehead atoms. The van der Waals surface area contributed by atoms with Gasteiger partial charge in [-0.1, -0.05) is 32.0 Å². The van der Waals surface area contributed by atoms with Crippen molar-refractivity contribution >= 4 is 28.6 Å². The normalized spacial score (nSPS) is 10.4. The number of benzene rings is 1. The first kappa shape index (κ1) is 22.9. The summed E-state index contributed by atoms with van der Waals surface area (Å²) in [6.07, 6.45) is 1.64. The van der Waals surface area contributed by atoms with Gasteiger partial charge in [-0.05, 0) is 54.1 Å². The van der Waals surface area contributed by atoms with E-state index < -0.39 is 0 Å². The van der Waals surface area contributed by atoms with Gasteiger partial charge in [0.2, 0.25) is 0 Å². The summed E-state index contributed by atoms with van der Waals surface area (Å²) in [5.74, 6) is 1.44. The highest BCUT2D eigenvalue weighted by molar-refractivity contribution is 6.17. The van der Waals surface area contributed by atoms with E-state index in [9.17, 15) is 5.26 Å². The molecule has 4 aromatic heterocycles. The molecule has 0 fully saturated rings. The molecule has 0 saturated heterocycles. The lowest BCUT2D eigenvalue weighted by molar-refractivity contribution is 1.07. The van der Waals surface area contributed by atoms with E-state index in [1.54, 1.807) is 18.3 Å². The largest absolute Gasteiger partial charge is 0.383 e. The molecule has 0 aliphatic carbocycles. The fourth-order valence-electron chi connectivity index (χ4n) is 3.51. The van der Waals surface area contributed by atoms with E-state index in [-0.39, 0.29) is 0 Å². The van der Waals surface area contributed by atoms with E-state index in [2.05, 4.69) is 16.0 Å². The van der Waals surface area contributed by atoms with Gasteiger partial charge in [0.1, 0.15) is 23.1 Å². The number of nitrogen functional groups attached to an aromatic ring is 1. The predicted octanol–water partition coefficient (Wildman–Crippen LogP) is 5.76. The van der Waals surface area contributed by atoms with Crippen LogP contribution >= 0.6 is 11.6 Å². The highest BCUT2D eigenvalue weighted by Crippen LogP contribution is 2.31. The number of aromatic nitrogens is 5. The Hall–Kier alpha value is -4.28. The molecule has 1 aromatic carbocycles. The van der Waals surface area contributed by atoms with Crippen molar-refractivity contribution in [1.29, 1.82) is 5.26 Å². The van der Waals surface area contributed by atoms with Crippen LogP contribution in [0, 0.1) is 11.3 Å². The van der Waals surface area contributed by atoms with E-state index in [1.807, 2.05) is 73.0 Å². The van der Waals surface area contributed by atoms with Crippen molar-refractivity contribution < 1.29 is 0 Å². The number of pyridine rings is 3. The number of hydrogen-bond donors (Lipinski definition) is 1. The van der Waals surface area contributed by atoms with E-state index in [4.69, 9.17) is 27.3 Å². The molecule has 5 rings (SSSR count). The Bertz CT molecular complexity index is 1480. The Labute approximate surface area is 202 Å². The van der Waals surface area contributed by atoms with Crippen LogP contribution in [0.15, 0.2) is 72.9 Å². The second-order valence-electron chi connectivity index (χ2n) is 7.07. The van der Waals surface area contributed by atoms with Crippen LogP contribution in [0.1, 0.15) is 25.1 Å². The number of anilines is 1. The summed E-state index contributed by atoms with van der Waals surface area (Å²) >= 11 is 5.97. The summed E-state index contributed by atoms with van der Waals surface area (Å²) in [6.45, 7) is 4.00. The maximum absolute atomic E-state index is 9.20. The minimum Gasteiger partial charge on any atom is -0.383 e. The van der Waals surface area contributed by atoms with Gasteiger partial charge in [0.15, 0.2) is 11.5 Å². The first-order chi connectivity index (χ1) is 16.7. The minimum absolute atomic E-state index is 0.332. The molecular weight excluding hydrogens is 446 g/mol. The molecule has 0 aliphatic rings. The zero-order valence-corrected chi connectivity index (χ0v) is 19.5. The molecule has 0 unspecified atom stereocenters. The fourth-order valence-corrected chi connectivity index (χ4v) is 3.68. The van der Waals surface area contributed by atoms with E-state index in [1.165, 1.54) is 0 Å². The Morgan fingerprint density at radius 1 is 0.912 bits per heavy atom. The number of hydrogen-bond acceptors (Lipinski definition) is 6. The summed E-state index contributed by atoms with van der Waals surface area (Å²) in [6, 6.07) is 22.6. The summed E-state index contributed by atoms with van der Waals surface area (Å²) < 4.78 is 1.94. The number of fused-ring (bicyclic) bond motifs is 1. The maximum atomic E-state index is 9.20. The molecule has 0 spiro atoms. The Balaban J connectivity index is 0.00000133. The van der Waals surface area contributed by atoms with Crippen molar-refractivity contribution in [1.82, 2.24) is 24.5 Å². The predicted molar refractivity (Wildman–Crippen MR) is 135 cm³/mol. The minimum atomic E-state index is 0.332. The van der Waals surface area contributed by atoms with Crippen molar-refractivity contribution in [3.63, 3.8) is 0 Å². The fraction of sp³-hybridized carbons (Fsp3) is 0.115. The second-order valence-corrected chi connectivity index (χ2v) is 7.33. The topological polar surface area (TPSA) is 106 Å². The summed E-state index contributed by atoms with van der Waals surface area (Å²) in [5.41, 5.74) is 11.7. The van der Waals surface area contributed by atoms with Crippen molar-refractivity contribution in [2.24, 2.45) is 0 Å². The number of nitrogens with zero attached hydrogens (tertiary/aromatic N) is 6. The number of nitrogens with two attached hydrogens (primary N) is 1. The lowest BCUT2D eigenvalue weighted by Crippen LogP contribution is -2.02. The number of imidazole rings is 1.